The van der Waals surface area contributed by atoms with E-state index >= 15 is 0 Å². The molecule has 5 N–H and O–H groups in total. The predicted octanol–water partition coefficient (Wildman–Crippen LogP) is -0.515. The van der Waals surface area contributed by atoms with Gasteiger partial charge in [-0.1, -0.05) is 35.8 Å². The second-order valence-electron chi connectivity index (χ2n) is 3.22. The average molecular weight is 210 g/mol. The Morgan fingerprint density at radius 1 is 1.20 bits per heavy atom. The van der Waals surface area contributed by atoms with Crippen molar-refractivity contribution >= 4 is 18.5 Å². The molecular weight excluding hydrogens is 193 g/mol. The monoisotopic (exact) mass is 210 g/mol. The van der Waals surface area contributed by atoms with E-state index in [1.807, 2.05) is 44.2 Å². The summed E-state index contributed by atoms with van der Waals surface area (Å²) in [6, 6.07) is 9.74. The van der Waals surface area contributed by atoms with Gasteiger partial charge >= 0.3 is 0 Å². The minimum absolute atomic E-state index is 0. The number of rotatable bonds is 3. The number of carbonyl (C=O) groups excluding carboxylic acids is 1. The van der Waals surface area contributed by atoms with E-state index in [4.69, 9.17) is 0 Å². The van der Waals surface area contributed by atoms with Crippen LogP contribution in [0.15, 0.2) is 30.3 Å². The minimum Gasteiger partial charge on any atom is -0.412 e. The first kappa shape index (κ1) is 16.1. The van der Waals surface area contributed by atoms with Crippen LogP contribution in [0.4, 0.5) is 4.79 Å². The maximum atomic E-state index is 11.3. The van der Waals surface area contributed by atoms with E-state index in [2.05, 4.69) is 5.32 Å². The van der Waals surface area contributed by atoms with Gasteiger partial charge in [-0.15, -0.1) is 0 Å². The van der Waals surface area contributed by atoms with E-state index in [0.29, 0.717) is 0 Å². The Morgan fingerprint density at radius 3 is 2.20 bits per heavy atom. The van der Waals surface area contributed by atoms with Crippen molar-refractivity contribution in [3.05, 3.63) is 30.3 Å². The largest absolute Gasteiger partial charge is 0.412 e. The molecular formula is C10H17BNO3. The summed E-state index contributed by atoms with van der Waals surface area (Å²) in [5.41, 5.74) is 0.931. The zero-order valence-corrected chi connectivity index (χ0v) is 8.95. The van der Waals surface area contributed by atoms with Crippen LogP contribution in [0, 0.1) is 0 Å². The Morgan fingerprint density at radius 2 is 1.73 bits per heavy atom. The molecule has 0 aliphatic rings. The van der Waals surface area contributed by atoms with Gasteiger partial charge in [0, 0.05) is 6.04 Å². The normalized spacial score (nSPS) is 8.47. The van der Waals surface area contributed by atoms with Gasteiger partial charge in [0.2, 0.25) is 0 Å². The SMILES string of the molecule is CC(C)NC(=O)[B]c1ccccc1.O.O. The van der Waals surface area contributed by atoms with Crippen LogP contribution in [0.5, 0.6) is 0 Å². The van der Waals surface area contributed by atoms with Gasteiger partial charge < -0.3 is 16.3 Å². The smallest absolute Gasteiger partial charge is 0.271 e. The van der Waals surface area contributed by atoms with Crippen molar-refractivity contribution in [2.75, 3.05) is 0 Å². The summed E-state index contributed by atoms with van der Waals surface area (Å²) in [4.78, 5) is 11.3. The van der Waals surface area contributed by atoms with Gasteiger partial charge in [-0.25, -0.2) is 0 Å². The molecule has 0 heterocycles. The second kappa shape index (κ2) is 8.02. The number of hydrogen-bond acceptors (Lipinski definition) is 1. The highest BCUT2D eigenvalue weighted by molar-refractivity contribution is 6.83. The first-order valence-electron chi connectivity index (χ1n) is 4.39. The summed E-state index contributed by atoms with van der Waals surface area (Å²) >= 11 is 0. The molecule has 1 amide bonds. The molecule has 0 aliphatic heterocycles. The van der Waals surface area contributed by atoms with E-state index in [0.717, 1.165) is 5.46 Å². The molecule has 0 fully saturated rings. The molecule has 5 heteroatoms. The average Bonchev–Trinajstić information content (AvgIpc) is 2.04. The quantitative estimate of drug-likeness (QED) is 0.668. The van der Waals surface area contributed by atoms with E-state index < -0.39 is 0 Å². The highest BCUT2D eigenvalue weighted by Crippen LogP contribution is 1.83. The van der Waals surface area contributed by atoms with E-state index in [-0.39, 0.29) is 22.8 Å². The molecule has 0 bridgehead atoms. The van der Waals surface area contributed by atoms with Crippen LogP contribution >= 0.6 is 0 Å². The number of benzene rings is 1. The summed E-state index contributed by atoms with van der Waals surface area (Å²) in [5, 5.41) is 2.80. The van der Waals surface area contributed by atoms with Crippen molar-refractivity contribution in [3.63, 3.8) is 0 Å². The van der Waals surface area contributed by atoms with Crippen molar-refractivity contribution in [1.29, 1.82) is 0 Å². The molecule has 83 valence electrons. The number of amides is 1. The lowest BCUT2D eigenvalue weighted by atomic mass is 9.69. The van der Waals surface area contributed by atoms with Gasteiger partial charge in [0.15, 0.2) is 5.81 Å². The highest BCUT2D eigenvalue weighted by Gasteiger charge is 2.05. The number of carbonyl (C=O) groups is 1. The Bertz CT molecular complexity index is 277. The van der Waals surface area contributed by atoms with Crippen LogP contribution in [-0.4, -0.2) is 30.1 Å². The van der Waals surface area contributed by atoms with Gasteiger partial charge in [0.05, 0.1) is 0 Å². The summed E-state index contributed by atoms with van der Waals surface area (Å²) in [6.45, 7) is 3.88. The lowest BCUT2D eigenvalue weighted by Crippen LogP contribution is -2.37. The molecule has 1 rings (SSSR count). The van der Waals surface area contributed by atoms with E-state index in [1.165, 1.54) is 0 Å². The topological polar surface area (TPSA) is 92.1 Å². The summed E-state index contributed by atoms with van der Waals surface area (Å²) in [7, 11) is 1.60. The van der Waals surface area contributed by atoms with Crippen LogP contribution < -0.4 is 10.8 Å². The van der Waals surface area contributed by atoms with Crippen LogP contribution in [-0.2, 0) is 0 Å². The van der Waals surface area contributed by atoms with Crippen molar-refractivity contribution in [1.82, 2.24) is 5.32 Å². The molecule has 0 unspecified atom stereocenters. The fraction of sp³-hybridized carbons (Fsp3) is 0.300. The van der Waals surface area contributed by atoms with Crippen LogP contribution in [0.3, 0.4) is 0 Å². The molecule has 0 aliphatic carbocycles. The fourth-order valence-corrected chi connectivity index (χ4v) is 1.03. The lowest BCUT2D eigenvalue weighted by Gasteiger charge is -2.07. The Kier molecular flexibility index (Phi) is 8.62. The molecule has 0 saturated heterocycles. The summed E-state index contributed by atoms with van der Waals surface area (Å²) < 4.78 is 0. The van der Waals surface area contributed by atoms with Crippen LogP contribution in [0.1, 0.15) is 13.8 Å². The van der Waals surface area contributed by atoms with E-state index in [1.54, 1.807) is 7.28 Å². The Hall–Kier alpha value is -1.33. The van der Waals surface area contributed by atoms with Crippen molar-refractivity contribution < 1.29 is 15.7 Å². The first-order chi connectivity index (χ1) is 6.18. The van der Waals surface area contributed by atoms with E-state index in [9.17, 15) is 4.79 Å². The molecule has 0 atom stereocenters. The summed E-state index contributed by atoms with van der Waals surface area (Å²) in [6.07, 6.45) is 0. The molecule has 0 spiro atoms. The highest BCUT2D eigenvalue weighted by atomic mass is 16.1. The molecule has 1 aromatic rings. The maximum absolute atomic E-state index is 11.3. The minimum atomic E-state index is -0.0406. The second-order valence-corrected chi connectivity index (χ2v) is 3.22. The molecule has 0 aromatic heterocycles. The molecule has 0 saturated carbocycles. The molecule has 4 nitrogen and oxygen atoms in total. The fourth-order valence-electron chi connectivity index (χ4n) is 1.03. The first-order valence-corrected chi connectivity index (χ1v) is 4.39. The standard InChI is InChI=1S/C10H13BNO.2H2O/c1-8(2)12-10(13)11-9-6-4-3-5-7-9;;/h3-8H,1-2H3,(H,12,13);2*1H2. The van der Waals surface area contributed by atoms with Crippen LogP contribution in [0.2, 0.25) is 0 Å². The third kappa shape index (κ3) is 6.71. The summed E-state index contributed by atoms with van der Waals surface area (Å²) in [5.74, 6) is -0.0406. The van der Waals surface area contributed by atoms with Gasteiger partial charge in [-0.3, -0.25) is 4.79 Å². The van der Waals surface area contributed by atoms with Gasteiger partial charge in [-0.2, -0.15) is 0 Å². The zero-order chi connectivity index (χ0) is 9.68. The molecule has 15 heavy (non-hydrogen) atoms. The zero-order valence-electron chi connectivity index (χ0n) is 8.95. The predicted molar refractivity (Wildman–Crippen MR) is 62.7 cm³/mol. The number of nitrogens with one attached hydrogen (secondary N) is 1. The third-order valence-corrected chi connectivity index (χ3v) is 1.53. The Labute approximate surface area is 90.6 Å². The third-order valence-electron chi connectivity index (χ3n) is 1.53. The van der Waals surface area contributed by atoms with Gasteiger partial charge in [-0.05, 0) is 13.8 Å². The van der Waals surface area contributed by atoms with Gasteiger partial charge in [0.25, 0.3) is 7.28 Å². The van der Waals surface area contributed by atoms with Crippen molar-refractivity contribution in [2.45, 2.75) is 19.9 Å². The molecule has 1 aromatic carbocycles. The number of hydrogen-bond donors (Lipinski definition) is 1. The molecule has 1 radical (unpaired) electrons. The lowest BCUT2D eigenvalue weighted by molar-refractivity contribution is 0.257. The van der Waals surface area contributed by atoms with Crippen molar-refractivity contribution in [2.24, 2.45) is 0 Å². The van der Waals surface area contributed by atoms with Gasteiger partial charge in [0.1, 0.15) is 0 Å². The maximum Gasteiger partial charge on any atom is 0.271 e. The Balaban J connectivity index is 0. The van der Waals surface area contributed by atoms with Crippen molar-refractivity contribution in [3.8, 4) is 0 Å². The van der Waals surface area contributed by atoms with Crippen LogP contribution in [0.25, 0.3) is 0 Å².